The zero-order valence-corrected chi connectivity index (χ0v) is 9.47. The average Bonchev–Trinajstić information content (AvgIpc) is 2.29. The van der Waals surface area contributed by atoms with Crippen molar-refractivity contribution in [2.45, 2.75) is 25.9 Å². The summed E-state index contributed by atoms with van der Waals surface area (Å²) in [5, 5.41) is 9.05. The molecule has 1 amide bonds. The van der Waals surface area contributed by atoms with E-state index in [-0.39, 0.29) is 6.04 Å². The quantitative estimate of drug-likeness (QED) is 0.799. The van der Waals surface area contributed by atoms with E-state index >= 15 is 0 Å². The van der Waals surface area contributed by atoms with Crippen LogP contribution in [0.4, 0.5) is 4.79 Å². The number of carboxylic acid groups (broad SMARTS) is 1. The number of nitrogens with two attached hydrogens (primary N) is 1. The highest BCUT2D eigenvalue weighted by Crippen LogP contribution is 2.05. The fraction of sp³-hybridized carbons (Fsp3) is 0.417. The molecule has 3 N–H and O–H groups in total. The van der Waals surface area contributed by atoms with E-state index in [9.17, 15) is 4.79 Å². The van der Waals surface area contributed by atoms with E-state index in [0.29, 0.717) is 13.1 Å². The van der Waals surface area contributed by atoms with Crippen molar-refractivity contribution < 1.29 is 9.90 Å². The molecule has 16 heavy (non-hydrogen) atoms. The Balaban J connectivity index is 2.62. The van der Waals surface area contributed by atoms with Crippen molar-refractivity contribution in [1.29, 1.82) is 0 Å². The summed E-state index contributed by atoms with van der Waals surface area (Å²) in [6.45, 7) is 2.72. The molecule has 0 radical (unpaired) electrons. The molecule has 0 fully saturated rings. The third-order valence-electron chi connectivity index (χ3n) is 2.47. The first-order valence-electron chi connectivity index (χ1n) is 5.40. The lowest BCUT2D eigenvalue weighted by Gasteiger charge is -2.22. The molecule has 1 aromatic rings. The highest BCUT2D eigenvalue weighted by Gasteiger charge is 2.14. The van der Waals surface area contributed by atoms with Crippen molar-refractivity contribution in [2.75, 3.05) is 6.54 Å². The van der Waals surface area contributed by atoms with E-state index in [1.165, 1.54) is 4.90 Å². The van der Waals surface area contributed by atoms with Gasteiger partial charge in [-0.1, -0.05) is 37.3 Å². The molecular formula is C12H18N2O2. The number of benzene rings is 1. The van der Waals surface area contributed by atoms with Gasteiger partial charge in [0.15, 0.2) is 0 Å². The van der Waals surface area contributed by atoms with Crippen LogP contribution in [0, 0.1) is 0 Å². The lowest BCUT2D eigenvalue weighted by atomic mass is 10.2. The standard InChI is InChI=1S/C12H18N2O2/c1-2-11(13)9-14(12(15)16)8-10-6-4-3-5-7-10/h3-7,11H,2,8-9,13H2,1H3,(H,15,16). The second kappa shape index (κ2) is 6.12. The lowest BCUT2D eigenvalue weighted by Crippen LogP contribution is -2.39. The van der Waals surface area contributed by atoms with Crippen molar-refractivity contribution in [3.8, 4) is 0 Å². The van der Waals surface area contributed by atoms with Gasteiger partial charge >= 0.3 is 6.09 Å². The summed E-state index contributed by atoms with van der Waals surface area (Å²) >= 11 is 0. The van der Waals surface area contributed by atoms with Gasteiger partial charge in [-0.2, -0.15) is 0 Å². The van der Waals surface area contributed by atoms with Crippen molar-refractivity contribution >= 4 is 6.09 Å². The van der Waals surface area contributed by atoms with Gasteiger partial charge in [-0.3, -0.25) is 0 Å². The molecular weight excluding hydrogens is 204 g/mol. The van der Waals surface area contributed by atoms with Crippen molar-refractivity contribution in [3.05, 3.63) is 35.9 Å². The van der Waals surface area contributed by atoms with Crippen LogP contribution < -0.4 is 5.73 Å². The molecule has 4 heteroatoms. The maximum absolute atomic E-state index is 11.0. The molecule has 1 unspecified atom stereocenters. The Bertz CT molecular complexity index is 327. The SMILES string of the molecule is CCC(N)CN(Cc1ccccc1)C(=O)O. The van der Waals surface area contributed by atoms with Gasteiger partial charge in [-0.25, -0.2) is 4.79 Å². The van der Waals surface area contributed by atoms with E-state index in [2.05, 4.69) is 0 Å². The third kappa shape index (κ3) is 3.90. The highest BCUT2D eigenvalue weighted by atomic mass is 16.4. The molecule has 0 saturated carbocycles. The van der Waals surface area contributed by atoms with Gasteiger partial charge in [0, 0.05) is 19.1 Å². The Kier molecular flexibility index (Phi) is 4.79. The molecule has 0 spiro atoms. The first-order valence-corrected chi connectivity index (χ1v) is 5.40. The topological polar surface area (TPSA) is 66.6 Å². The predicted molar refractivity (Wildman–Crippen MR) is 63.1 cm³/mol. The van der Waals surface area contributed by atoms with Gasteiger partial charge in [0.05, 0.1) is 0 Å². The summed E-state index contributed by atoms with van der Waals surface area (Å²) < 4.78 is 0. The van der Waals surface area contributed by atoms with Crippen LogP contribution >= 0.6 is 0 Å². The van der Waals surface area contributed by atoms with E-state index in [1.54, 1.807) is 0 Å². The van der Waals surface area contributed by atoms with Crippen LogP contribution in [0.25, 0.3) is 0 Å². The monoisotopic (exact) mass is 222 g/mol. The lowest BCUT2D eigenvalue weighted by molar-refractivity contribution is 0.139. The molecule has 0 aliphatic carbocycles. The van der Waals surface area contributed by atoms with Crippen LogP contribution in [0.3, 0.4) is 0 Å². The summed E-state index contributed by atoms with van der Waals surface area (Å²) in [5.41, 5.74) is 6.74. The van der Waals surface area contributed by atoms with Crippen molar-refractivity contribution in [3.63, 3.8) is 0 Å². The maximum atomic E-state index is 11.0. The minimum atomic E-state index is -0.923. The summed E-state index contributed by atoms with van der Waals surface area (Å²) in [6, 6.07) is 9.43. The Morgan fingerprint density at radius 3 is 2.56 bits per heavy atom. The van der Waals surface area contributed by atoms with Crippen LogP contribution in [-0.4, -0.2) is 28.7 Å². The van der Waals surface area contributed by atoms with Gasteiger partial charge < -0.3 is 15.7 Å². The predicted octanol–water partition coefficient (Wildman–Crippen LogP) is 1.90. The minimum Gasteiger partial charge on any atom is -0.465 e. The number of hydrogen-bond acceptors (Lipinski definition) is 2. The summed E-state index contributed by atoms with van der Waals surface area (Å²) in [6.07, 6.45) is -0.147. The fourth-order valence-corrected chi connectivity index (χ4v) is 1.43. The van der Waals surface area contributed by atoms with E-state index < -0.39 is 6.09 Å². The highest BCUT2D eigenvalue weighted by molar-refractivity contribution is 5.65. The molecule has 1 aromatic carbocycles. The number of hydrogen-bond donors (Lipinski definition) is 2. The van der Waals surface area contributed by atoms with Crippen LogP contribution in [0.5, 0.6) is 0 Å². The summed E-state index contributed by atoms with van der Waals surface area (Å²) in [5.74, 6) is 0. The zero-order chi connectivity index (χ0) is 12.0. The van der Waals surface area contributed by atoms with E-state index in [1.807, 2.05) is 37.3 Å². The first kappa shape index (κ1) is 12.5. The number of amides is 1. The molecule has 0 aliphatic rings. The maximum Gasteiger partial charge on any atom is 0.407 e. The molecule has 4 nitrogen and oxygen atoms in total. The molecule has 1 rings (SSSR count). The van der Waals surface area contributed by atoms with Gasteiger partial charge in [0.1, 0.15) is 0 Å². The molecule has 88 valence electrons. The molecule has 0 saturated heterocycles. The smallest absolute Gasteiger partial charge is 0.407 e. The average molecular weight is 222 g/mol. The third-order valence-corrected chi connectivity index (χ3v) is 2.47. The van der Waals surface area contributed by atoms with Crippen LogP contribution in [-0.2, 0) is 6.54 Å². The van der Waals surface area contributed by atoms with Gasteiger partial charge in [0.2, 0.25) is 0 Å². The van der Waals surface area contributed by atoms with Crippen LogP contribution in [0.1, 0.15) is 18.9 Å². The second-order valence-electron chi connectivity index (χ2n) is 3.82. The summed E-state index contributed by atoms with van der Waals surface area (Å²) in [4.78, 5) is 12.4. The summed E-state index contributed by atoms with van der Waals surface area (Å²) in [7, 11) is 0. The molecule has 0 bridgehead atoms. The van der Waals surface area contributed by atoms with E-state index in [4.69, 9.17) is 10.8 Å². The van der Waals surface area contributed by atoms with Crippen LogP contribution in [0.15, 0.2) is 30.3 Å². The largest absolute Gasteiger partial charge is 0.465 e. The zero-order valence-electron chi connectivity index (χ0n) is 9.47. The van der Waals surface area contributed by atoms with Gasteiger partial charge in [0.25, 0.3) is 0 Å². The van der Waals surface area contributed by atoms with Gasteiger partial charge in [-0.15, -0.1) is 0 Å². The van der Waals surface area contributed by atoms with Crippen molar-refractivity contribution in [2.24, 2.45) is 5.73 Å². The van der Waals surface area contributed by atoms with E-state index in [0.717, 1.165) is 12.0 Å². The Labute approximate surface area is 95.7 Å². The first-order chi connectivity index (χ1) is 7.63. The van der Waals surface area contributed by atoms with Crippen molar-refractivity contribution in [1.82, 2.24) is 4.90 Å². The molecule has 0 heterocycles. The second-order valence-corrected chi connectivity index (χ2v) is 3.82. The number of nitrogens with zero attached hydrogens (tertiary/aromatic N) is 1. The molecule has 1 atom stereocenters. The Morgan fingerprint density at radius 2 is 2.06 bits per heavy atom. The number of rotatable bonds is 5. The normalized spacial score (nSPS) is 12.1. The molecule has 0 aliphatic heterocycles. The fourth-order valence-electron chi connectivity index (χ4n) is 1.43. The Morgan fingerprint density at radius 1 is 1.44 bits per heavy atom. The van der Waals surface area contributed by atoms with Gasteiger partial charge in [-0.05, 0) is 12.0 Å². The molecule has 0 aromatic heterocycles. The minimum absolute atomic E-state index is 0.0974. The Hall–Kier alpha value is -1.55. The van der Waals surface area contributed by atoms with Crippen LogP contribution in [0.2, 0.25) is 0 Å². The number of carbonyl (C=O) groups is 1.